The molecule has 2 amide bonds. The van der Waals surface area contributed by atoms with E-state index < -0.39 is 0 Å². The SMILES string of the molecule is CC1N(Cc2ccccc2)c2cc(NC(=O)c3ccccc3)c(C3=C(O)/C(=c4/cc5c(cc4NC(=O)c4ccccc4)=[N+](Cc4ccccc4)C(C)C5(C)C)C3=O)cc2C1(C)C. The Balaban J connectivity index is 1.24. The molecule has 0 aromatic heterocycles. The summed E-state index contributed by atoms with van der Waals surface area (Å²) < 4.78 is 2.34. The fraction of sp³-hybridized carbons (Fsp3) is 0.222. The second-order valence-corrected chi connectivity index (χ2v) is 17.9. The summed E-state index contributed by atoms with van der Waals surface area (Å²) in [5.74, 6) is -1.22. The molecule has 62 heavy (non-hydrogen) atoms. The Kier molecular flexibility index (Phi) is 10.1. The first-order valence-corrected chi connectivity index (χ1v) is 21.3. The minimum atomic E-state index is -0.372. The van der Waals surface area contributed by atoms with E-state index in [1.165, 1.54) is 0 Å². The molecule has 2 heterocycles. The van der Waals surface area contributed by atoms with Gasteiger partial charge >= 0.3 is 0 Å². The Morgan fingerprint density at radius 2 is 1.18 bits per heavy atom. The van der Waals surface area contributed by atoms with Crippen LogP contribution in [0.4, 0.5) is 17.1 Å². The molecule has 2 unspecified atom stereocenters. The first-order chi connectivity index (χ1) is 29.8. The highest BCUT2D eigenvalue weighted by molar-refractivity contribution is 6.52. The van der Waals surface area contributed by atoms with Crippen LogP contribution in [-0.4, -0.2) is 34.8 Å². The number of aliphatic hydroxyl groups is 1. The van der Waals surface area contributed by atoms with E-state index in [-0.39, 0.29) is 57.4 Å². The maximum Gasteiger partial charge on any atom is 0.255 e. The second kappa shape index (κ2) is 15.4. The van der Waals surface area contributed by atoms with Gasteiger partial charge in [-0.3, -0.25) is 14.4 Å². The van der Waals surface area contributed by atoms with Gasteiger partial charge in [-0.05, 0) is 81.3 Å². The summed E-state index contributed by atoms with van der Waals surface area (Å²) in [6.45, 7) is 14.5. The molecular weight excluding hydrogens is 769 g/mol. The number of nitrogens with one attached hydrogen (secondary N) is 2. The number of aliphatic hydroxyl groups excluding tert-OH is 1. The van der Waals surface area contributed by atoms with Gasteiger partial charge in [-0.2, -0.15) is 0 Å². The Morgan fingerprint density at radius 3 is 1.74 bits per heavy atom. The van der Waals surface area contributed by atoms with Gasteiger partial charge in [0.1, 0.15) is 5.76 Å². The van der Waals surface area contributed by atoms with E-state index in [0.29, 0.717) is 46.4 Å². The summed E-state index contributed by atoms with van der Waals surface area (Å²) in [5, 5.41) is 20.0. The molecule has 8 heteroatoms. The van der Waals surface area contributed by atoms with Crippen LogP contribution in [0.25, 0.3) is 11.1 Å². The molecule has 0 spiro atoms. The second-order valence-electron chi connectivity index (χ2n) is 17.9. The average molecular weight is 820 g/mol. The van der Waals surface area contributed by atoms with E-state index in [1.807, 2.05) is 97.1 Å². The molecule has 6 aromatic carbocycles. The van der Waals surface area contributed by atoms with Crippen molar-refractivity contribution in [3.63, 3.8) is 0 Å². The van der Waals surface area contributed by atoms with Crippen LogP contribution in [-0.2, 0) is 28.7 Å². The summed E-state index contributed by atoms with van der Waals surface area (Å²) in [4.78, 5) is 45.0. The largest absolute Gasteiger partial charge is 0.506 e. The number of ketones is 1. The zero-order chi connectivity index (χ0) is 43.5. The smallest absolute Gasteiger partial charge is 0.255 e. The number of Topliss-reactive ketones (excluding diaryl/α,β-unsaturated/α-hetero) is 1. The van der Waals surface area contributed by atoms with Crippen LogP contribution in [0.3, 0.4) is 0 Å². The lowest BCUT2D eigenvalue weighted by atomic mass is 9.76. The zero-order valence-corrected chi connectivity index (χ0v) is 36.0. The molecule has 9 rings (SSSR count). The Bertz CT molecular complexity index is 2940. The van der Waals surface area contributed by atoms with E-state index in [0.717, 1.165) is 33.3 Å². The van der Waals surface area contributed by atoms with Crippen LogP contribution in [0.1, 0.15) is 90.1 Å². The number of amides is 2. The van der Waals surface area contributed by atoms with Crippen molar-refractivity contribution < 1.29 is 19.5 Å². The number of hydrogen-bond donors (Lipinski definition) is 3. The Labute approximate surface area is 362 Å². The Morgan fingerprint density at radius 1 is 0.645 bits per heavy atom. The van der Waals surface area contributed by atoms with Gasteiger partial charge in [0.2, 0.25) is 11.1 Å². The first-order valence-electron chi connectivity index (χ1n) is 21.3. The van der Waals surface area contributed by atoms with E-state index in [9.17, 15) is 19.5 Å². The third-order valence-electron chi connectivity index (χ3n) is 13.7. The van der Waals surface area contributed by atoms with E-state index in [4.69, 9.17) is 0 Å². The molecule has 0 radical (unpaired) electrons. The highest BCUT2D eigenvalue weighted by Crippen LogP contribution is 2.51. The molecule has 0 saturated heterocycles. The van der Waals surface area contributed by atoms with Gasteiger partial charge in [0.15, 0.2) is 12.6 Å². The van der Waals surface area contributed by atoms with Crippen molar-refractivity contribution in [1.29, 1.82) is 0 Å². The lowest BCUT2D eigenvalue weighted by Crippen LogP contribution is -2.38. The van der Waals surface area contributed by atoms with Gasteiger partial charge in [0.25, 0.3) is 11.8 Å². The van der Waals surface area contributed by atoms with Gasteiger partial charge in [0.05, 0.1) is 27.9 Å². The number of fused-ring (bicyclic) bond motifs is 2. The van der Waals surface area contributed by atoms with Crippen LogP contribution in [0.15, 0.2) is 151 Å². The summed E-state index contributed by atoms with van der Waals surface area (Å²) >= 11 is 0. The standard InChI is InChI=1S/C54H50N4O4/c1-33-53(3,4)41-27-39(43(55-51(61)37-23-15-9-16-24-37)29-45(41)57(33)31-35-19-11-7-12-20-35)47-49(59)48(50(47)60)40-28-42-46(30-44(40)56-52(62)38-25-17-10-18-26-38)58(34(2)54(42,5)6)32-36-21-13-8-14-22-36/h7-30,33-34H,31-32H2,1-6H3,(H2,55,56,59,60,61,62)/p+1. The zero-order valence-electron chi connectivity index (χ0n) is 36.0. The molecule has 0 fully saturated rings. The van der Waals surface area contributed by atoms with Crippen LogP contribution in [0, 0.1) is 0 Å². The lowest BCUT2D eigenvalue weighted by Gasteiger charge is -2.31. The number of allylic oxidation sites excluding steroid dienone is 2. The van der Waals surface area contributed by atoms with E-state index in [2.05, 4.69) is 85.9 Å². The molecule has 3 aliphatic rings. The van der Waals surface area contributed by atoms with Crippen molar-refractivity contribution in [1.82, 2.24) is 4.58 Å². The molecule has 6 aromatic rings. The molecule has 0 saturated carbocycles. The number of carbonyl (C=O) groups excluding carboxylic acids is 3. The van der Waals surface area contributed by atoms with Crippen LogP contribution >= 0.6 is 0 Å². The topological polar surface area (TPSA) is 102 Å². The predicted molar refractivity (Wildman–Crippen MR) is 248 cm³/mol. The minimum Gasteiger partial charge on any atom is -0.506 e. The normalized spacial score (nSPS) is 19.2. The quantitative estimate of drug-likeness (QED) is 0.127. The van der Waals surface area contributed by atoms with Crippen molar-refractivity contribution in [2.45, 2.75) is 77.5 Å². The maximum absolute atomic E-state index is 15.0. The monoisotopic (exact) mass is 819 g/mol. The van der Waals surface area contributed by atoms with Crippen molar-refractivity contribution in [3.05, 3.63) is 201 Å². The van der Waals surface area contributed by atoms with Crippen LogP contribution < -0.4 is 30.7 Å². The maximum atomic E-state index is 15.0. The van der Waals surface area contributed by atoms with Crippen molar-refractivity contribution in [3.8, 4) is 0 Å². The van der Waals surface area contributed by atoms with Gasteiger partial charge in [-0.1, -0.05) is 111 Å². The lowest BCUT2D eigenvalue weighted by molar-refractivity contribution is -0.109. The molecule has 310 valence electrons. The molecule has 8 nitrogen and oxygen atoms in total. The summed E-state index contributed by atoms with van der Waals surface area (Å²) in [6.07, 6.45) is 0. The fourth-order valence-corrected chi connectivity index (χ4v) is 9.43. The summed E-state index contributed by atoms with van der Waals surface area (Å²) in [6, 6.07) is 46.5. The predicted octanol–water partition coefficient (Wildman–Crippen LogP) is 8.95. The molecule has 2 aliphatic heterocycles. The molecule has 3 N–H and O–H groups in total. The number of rotatable bonds is 9. The van der Waals surface area contributed by atoms with Gasteiger partial charge in [0, 0.05) is 62.8 Å². The van der Waals surface area contributed by atoms with Crippen molar-refractivity contribution >= 4 is 45.8 Å². The molecular formula is C54H51N4O4+. The van der Waals surface area contributed by atoms with Crippen molar-refractivity contribution in [2.75, 3.05) is 15.5 Å². The molecule has 2 atom stereocenters. The summed E-state index contributed by atoms with van der Waals surface area (Å²) in [5.41, 5.74) is 7.06. The van der Waals surface area contributed by atoms with Crippen LogP contribution in [0.5, 0.6) is 0 Å². The van der Waals surface area contributed by atoms with Crippen LogP contribution in [0.2, 0.25) is 0 Å². The number of hydrogen-bond acceptors (Lipinski definition) is 5. The third kappa shape index (κ3) is 6.80. The van der Waals surface area contributed by atoms with Crippen molar-refractivity contribution in [2.24, 2.45) is 0 Å². The number of nitrogens with zero attached hydrogens (tertiary/aromatic N) is 2. The highest BCUT2D eigenvalue weighted by Gasteiger charge is 2.47. The molecule has 1 aliphatic carbocycles. The summed E-state index contributed by atoms with van der Waals surface area (Å²) in [7, 11) is 0. The van der Waals surface area contributed by atoms with Gasteiger partial charge in [-0.15, -0.1) is 0 Å². The number of benzene rings is 6. The Hall–Kier alpha value is -7.06. The third-order valence-corrected chi connectivity index (χ3v) is 13.7. The van der Waals surface area contributed by atoms with Gasteiger partial charge in [-0.25, -0.2) is 4.58 Å². The number of carbonyl (C=O) groups is 3. The first kappa shape index (κ1) is 40.4. The fourth-order valence-electron chi connectivity index (χ4n) is 9.43. The minimum absolute atomic E-state index is 0.0711. The van der Waals surface area contributed by atoms with E-state index in [1.54, 1.807) is 24.3 Å². The van der Waals surface area contributed by atoms with E-state index >= 15 is 0 Å². The highest BCUT2D eigenvalue weighted by atomic mass is 16.3. The van der Waals surface area contributed by atoms with Gasteiger partial charge < -0.3 is 20.6 Å². The molecule has 0 bridgehead atoms. The average Bonchev–Trinajstić information content (AvgIpc) is 3.57. The number of anilines is 3.